The molecular weight excluding hydrogens is 354 g/mol. The number of amides is 2. The number of nitrogens with zero attached hydrogens (tertiary/aromatic N) is 1. The summed E-state index contributed by atoms with van der Waals surface area (Å²) < 4.78 is 5.35. The number of halogens is 1. The molecule has 2 N–H and O–H groups in total. The van der Waals surface area contributed by atoms with Gasteiger partial charge in [-0.05, 0) is 32.2 Å². The zero-order valence-corrected chi connectivity index (χ0v) is 15.8. The Bertz CT molecular complexity index is 795. The van der Waals surface area contributed by atoms with Crippen molar-refractivity contribution in [2.45, 2.75) is 13.5 Å². The third kappa shape index (κ3) is 5.47. The molecule has 2 rings (SSSR count). The number of aryl methyl sites for hydroxylation is 1. The van der Waals surface area contributed by atoms with Crippen molar-refractivity contribution in [3.63, 3.8) is 0 Å². The first-order chi connectivity index (χ1) is 12.4. The Morgan fingerprint density at radius 2 is 1.88 bits per heavy atom. The number of likely N-dealkylation sites (N-methyl/N-ethyl adjacent to an activating group) is 1. The van der Waals surface area contributed by atoms with Crippen LogP contribution in [0.1, 0.15) is 21.5 Å². The van der Waals surface area contributed by atoms with E-state index in [-0.39, 0.29) is 12.5 Å². The quantitative estimate of drug-likeness (QED) is 0.761. The van der Waals surface area contributed by atoms with E-state index < -0.39 is 5.91 Å². The number of carbonyl (C=O) groups is 2. The van der Waals surface area contributed by atoms with Crippen molar-refractivity contribution >= 4 is 23.4 Å². The second-order valence-corrected chi connectivity index (χ2v) is 6.38. The van der Waals surface area contributed by atoms with Crippen molar-refractivity contribution in [2.75, 3.05) is 20.7 Å². The summed E-state index contributed by atoms with van der Waals surface area (Å²) in [6, 6.07) is 12.5. The first-order valence-corrected chi connectivity index (χ1v) is 8.44. The van der Waals surface area contributed by atoms with E-state index in [0.717, 1.165) is 16.9 Å². The summed E-state index contributed by atoms with van der Waals surface area (Å²) >= 11 is 5.96. The van der Waals surface area contributed by atoms with Crippen molar-refractivity contribution in [2.24, 2.45) is 0 Å². The second-order valence-electron chi connectivity index (χ2n) is 5.97. The minimum Gasteiger partial charge on any atom is -0.496 e. The maximum Gasteiger partial charge on any atom is 0.271 e. The summed E-state index contributed by atoms with van der Waals surface area (Å²) in [6.45, 7) is 2.65. The van der Waals surface area contributed by atoms with Crippen LogP contribution in [0.5, 0.6) is 5.75 Å². The lowest BCUT2D eigenvalue weighted by molar-refractivity contribution is -0.122. The number of methoxy groups -OCH3 is 1. The number of hydrogen-bond donors (Lipinski definition) is 2. The van der Waals surface area contributed by atoms with Crippen molar-refractivity contribution in [3.05, 3.63) is 64.2 Å². The Kier molecular flexibility index (Phi) is 7.00. The summed E-state index contributed by atoms with van der Waals surface area (Å²) in [5, 5.41) is 0.322. The number of ether oxygens (including phenoxy) is 1. The highest BCUT2D eigenvalue weighted by atomic mass is 35.5. The molecule has 0 saturated carbocycles. The molecule has 26 heavy (non-hydrogen) atoms. The summed E-state index contributed by atoms with van der Waals surface area (Å²) in [6.07, 6.45) is 0. The lowest BCUT2D eigenvalue weighted by atomic mass is 10.1. The molecule has 0 radical (unpaired) electrons. The highest BCUT2D eigenvalue weighted by Gasteiger charge is 2.13. The Morgan fingerprint density at radius 3 is 2.58 bits per heavy atom. The van der Waals surface area contributed by atoms with Crippen molar-refractivity contribution in [1.82, 2.24) is 15.8 Å². The molecule has 6 nitrogen and oxygen atoms in total. The van der Waals surface area contributed by atoms with Crippen LogP contribution in [0.2, 0.25) is 5.02 Å². The van der Waals surface area contributed by atoms with Crippen LogP contribution in [0.25, 0.3) is 0 Å². The molecule has 0 atom stereocenters. The average molecular weight is 376 g/mol. The summed E-state index contributed by atoms with van der Waals surface area (Å²) in [5.41, 5.74) is 7.16. The molecule has 0 aliphatic carbocycles. The van der Waals surface area contributed by atoms with Crippen LogP contribution in [0.15, 0.2) is 42.5 Å². The van der Waals surface area contributed by atoms with Crippen molar-refractivity contribution < 1.29 is 14.3 Å². The summed E-state index contributed by atoms with van der Waals surface area (Å²) in [7, 11) is 3.43. The largest absolute Gasteiger partial charge is 0.496 e. The molecule has 2 amide bonds. The molecule has 138 valence electrons. The third-order valence-corrected chi connectivity index (χ3v) is 4.05. The molecule has 0 aliphatic heterocycles. The Balaban J connectivity index is 1.87. The summed E-state index contributed by atoms with van der Waals surface area (Å²) in [4.78, 5) is 25.9. The van der Waals surface area contributed by atoms with Gasteiger partial charge in [-0.1, -0.05) is 41.4 Å². The minimum absolute atomic E-state index is 0.111. The number of rotatable bonds is 6. The van der Waals surface area contributed by atoms with Crippen LogP contribution >= 0.6 is 11.6 Å². The lowest BCUT2D eigenvalue weighted by Crippen LogP contribution is -2.45. The fourth-order valence-corrected chi connectivity index (χ4v) is 2.72. The van der Waals surface area contributed by atoms with Crippen molar-refractivity contribution in [3.8, 4) is 5.75 Å². The van der Waals surface area contributed by atoms with Crippen LogP contribution < -0.4 is 15.6 Å². The van der Waals surface area contributed by atoms with E-state index in [9.17, 15) is 9.59 Å². The maximum absolute atomic E-state index is 12.1. The van der Waals surface area contributed by atoms with Crippen LogP contribution in [0.4, 0.5) is 0 Å². The van der Waals surface area contributed by atoms with Gasteiger partial charge in [0.2, 0.25) is 0 Å². The predicted octanol–water partition coefficient (Wildman–Crippen LogP) is 2.55. The van der Waals surface area contributed by atoms with E-state index in [1.54, 1.807) is 31.4 Å². The zero-order chi connectivity index (χ0) is 19.1. The van der Waals surface area contributed by atoms with Gasteiger partial charge in [-0.15, -0.1) is 0 Å². The average Bonchev–Trinajstić information content (AvgIpc) is 2.60. The van der Waals surface area contributed by atoms with Gasteiger partial charge in [0.05, 0.1) is 24.2 Å². The Morgan fingerprint density at radius 1 is 1.15 bits per heavy atom. The SMILES string of the molecule is COc1ccc(C)cc1CN(C)CC(=O)NNC(=O)c1ccccc1Cl. The maximum atomic E-state index is 12.1. The van der Waals surface area contributed by atoms with E-state index in [2.05, 4.69) is 10.9 Å². The molecule has 7 heteroatoms. The van der Waals surface area contributed by atoms with Gasteiger partial charge in [0.1, 0.15) is 5.75 Å². The topological polar surface area (TPSA) is 70.7 Å². The lowest BCUT2D eigenvalue weighted by Gasteiger charge is -2.18. The van der Waals surface area contributed by atoms with Gasteiger partial charge < -0.3 is 4.74 Å². The molecule has 0 unspecified atom stereocenters. The molecule has 0 bridgehead atoms. The Hall–Kier alpha value is -2.57. The fourth-order valence-electron chi connectivity index (χ4n) is 2.50. The van der Waals surface area contributed by atoms with E-state index >= 15 is 0 Å². The van der Waals surface area contributed by atoms with Crippen LogP contribution in [-0.2, 0) is 11.3 Å². The monoisotopic (exact) mass is 375 g/mol. The molecule has 0 aliphatic rings. The molecule has 0 spiro atoms. The second kappa shape index (κ2) is 9.22. The van der Waals surface area contributed by atoms with Gasteiger partial charge in [0, 0.05) is 12.1 Å². The van der Waals surface area contributed by atoms with E-state index in [1.165, 1.54) is 0 Å². The molecule has 0 fully saturated rings. The van der Waals surface area contributed by atoms with Crippen LogP contribution in [0.3, 0.4) is 0 Å². The van der Waals surface area contributed by atoms with Gasteiger partial charge in [0.15, 0.2) is 0 Å². The third-order valence-electron chi connectivity index (χ3n) is 3.72. The number of nitrogens with one attached hydrogen (secondary N) is 2. The molecule has 2 aromatic rings. The number of hydrogen-bond acceptors (Lipinski definition) is 4. The van der Waals surface area contributed by atoms with Gasteiger partial charge in [-0.25, -0.2) is 0 Å². The van der Waals surface area contributed by atoms with Gasteiger partial charge in [0.25, 0.3) is 11.8 Å². The fraction of sp³-hybridized carbons (Fsp3) is 0.263. The van der Waals surface area contributed by atoms with E-state index in [4.69, 9.17) is 16.3 Å². The first-order valence-electron chi connectivity index (χ1n) is 8.06. The smallest absolute Gasteiger partial charge is 0.271 e. The number of carbonyl (C=O) groups excluding carboxylic acids is 2. The molecule has 0 heterocycles. The molecule has 0 aromatic heterocycles. The molecule has 2 aromatic carbocycles. The molecular formula is C19H22ClN3O3. The van der Waals surface area contributed by atoms with Gasteiger partial charge >= 0.3 is 0 Å². The predicted molar refractivity (Wildman–Crippen MR) is 101 cm³/mol. The number of benzene rings is 2. The number of hydrazine groups is 1. The van der Waals surface area contributed by atoms with Crippen LogP contribution in [-0.4, -0.2) is 37.4 Å². The standard InChI is InChI=1S/C19H22ClN3O3/c1-13-8-9-17(26-3)14(10-13)11-23(2)12-18(24)21-22-19(25)15-6-4-5-7-16(15)20/h4-10H,11-12H2,1-3H3,(H,21,24)(H,22,25). The normalized spacial score (nSPS) is 10.5. The van der Waals surface area contributed by atoms with Crippen LogP contribution in [0, 0.1) is 6.92 Å². The molecule has 0 saturated heterocycles. The summed E-state index contributed by atoms with van der Waals surface area (Å²) in [5.74, 6) is -0.0265. The Labute approximate surface area is 158 Å². The zero-order valence-electron chi connectivity index (χ0n) is 15.0. The van der Waals surface area contributed by atoms with E-state index in [0.29, 0.717) is 17.1 Å². The van der Waals surface area contributed by atoms with Gasteiger partial charge in [-0.2, -0.15) is 0 Å². The minimum atomic E-state index is -0.466. The van der Waals surface area contributed by atoms with Gasteiger partial charge in [-0.3, -0.25) is 25.3 Å². The highest BCUT2D eigenvalue weighted by molar-refractivity contribution is 6.33. The first kappa shape index (κ1) is 19.8. The van der Waals surface area contributed by atoms with E-state index in [1.807, 2.05) is 37.1 Å². The highest BCUT2D eigenvalue weighted by Crippen LogP contribution is 2.20. The van der Waals surface area contributed by atoms with Crippen molar-refractivity contribution in [1.29, 1.82) is 0 Å².